The lowest BCUT2D eigenvalue weighted by Crippen LogP contribution is -2.35. The first kappa shape index (κ1) is 29.3. The maximum absolute atomic E-state index is 14.7. The Morgan fingerprint density at radius 3 is 2.38 bits per heavy atom. The zero-order valence-electron chi connectivity index (χ0n) is 21.8. The topological polar surface area (TPSA) is 35.5 Å². The van der Waals surface area contributed by atoms with Crippen molar-refractivity contribution in [2.24, 2.45) is 17.8 Å². The summed E-state index contributed by atoms with van der Waals surface area (Å²) in [4.78, 5) is 12.8. The number of rotatable bonds is 7. The summed E-state index contributed by atoms with van der Waals surface area (Å²) >= 11 is 0. The van der Waals surface area contributed by atoms with Gasteiger partial charge in [-0.25, -0.2) is 13.2 Å². The molecule has 2 aliphatic rings. The van der Waals surface area contributed by atoms with Crippen LogP contribution < -0.4 is 4.74 Å². The smallest absolute Gasteiger partial charge is 0.426 e. The molecule has 0 N–H and O–H groups in total. The number of fused-ring (bicyclic) bond motifs is 1. The summed E-state index contributed by atoms with van der Waals surface area (Å²) in [6, 6.07) is 2.52. The first-order valence-electron chi connectivity index (χ1n) is 13.6. The van der Waals surface area contributed by atoms with E-state index in [0.29, 0.717) is 30.7 Å². The molecular formula is C30H32F6O3. The Morgan fingerprint density at radius 2 is 1.74 bits per heavy atom. The molecule has 0 bridgehead atoms. The number of alkyl halides is 3. The van der Waals surface area contributed by atoms with E-state index < -0.39 is 40.5 Å². The highest BCUT2D eigenvalue weighted by Gasteiger charge is 2.34. The van der Waals surface area contributed by atoms with Crippen molar-refractivity contribution in [3.63, 3.8) is 0 Å². The van der Waals surface area contributed by atoms with E-state index in [1.807, 2.05) is 0 Å². The molecule has 1 aliphatic carbocycles. The Bertz CT molecular complexity index is 1230. The van der Waals surface area contributed by atoms with Crippen molar-refractivity contribution in [3.05, 3.63) is 41.2 Å². The van der Waals surface area contributed by atoms with Crippen LogP contribution in [0.5, 0.6) is 5.75 Å². The van der Waals surface area contributed by atoms with Crippen molar-refractivity contribution in [2.75, 3.05) is 6.61 Å². The van der Waals surface area contributed by atoms with Crippen LogP contribution in [-0.4, -0.2) is 24.9 Å². The van der Waals surface area contributed by atoms with Gasteiger partial charge in [-0.05, 0) is 74.3 Å². The zero-order chi connectivity index (χ0) is 28.2. The van der Waals surface area contributed by atoms with E-state index in [0.717, 1.165) is 43.9 Å². The number of hydrogen-bond acceptors (Lipinski definition) is 3. The normalized spacial score (nSPS) is 23.8. The quantitative estimate of drug-likeness (QED) is 0.114. The van der Waals surface area contributed by atoms with Crippen LogP contribution in [0.3, 0.4) is 0 Å². The Labute approximate surface area is 224 Å². The van der Waals surface area contributed by atoms with Gasteiger partial charge in [-0.1, -0.05) is 32.1 Å². The van der Waals surface area contributed by atoms with Crippen molar-refractivity contribution in [3.8, 4) is 17.6 Å². The molecule has 0 radical (unpaired) electrons. The van der Waals surface area contributed by atoms with E-state index in [1.54, 1.807) is 0 Å². The second-order valence-electron chi connectivity index (χ2n) is 10.6. The third-order valence-corrected chi connectivity index (χ3v) is 7.85. The summed E-state index contributed by atoms with van der Waals surface area (Å²) in [5.74, 6) is -2.13. The van der Waals surface area contributed by atoms with Crippen molar-refractivity contribution in [1.29, 1.82) is 0 Å². The van der Waals surface area contributed by atoms with Gasteiger partial charge in [0.15, 0.2) is 5.82 Å². The van der Waals surface area contributed by atoms with Crippen LogP contribution >= 0.6 is 0 Å². The molecule has 3 nitrogen and oxygen atoms in total. The minimum absolute atomic E-state index is 0.203. The number of ether oxygens (including phenoxy) is 2. The van der Waals surface area contributed by atoms with Gasteiger partial charge in [-0.15, -0.1) is 0 Å². The molecule has 2 aromatic rings. The van der Waals surface area contributed by atoms with Crippen molar-refractivity contribution < 1.29 is 40.6 Å². The fourth-order valence-corrected chi connectivity index (χ4v) is 5.73. The second kappa shape index (κ2) is 12.6. The first-order chi connectivity index (χ1) is 18.6. The van der Waals surface area contributed by atoms with Crippen LogP contribution in [0.25, 0.3) is 10.8 Å². The summed E-state index contributed by atoms with van der Waals surface area (Å²) in [7, 11) is 0. The predicted octanol–water partition coefficient (Wildman–Crippen LogP) is 8.26. The largest absolute Gasteiger partial charge is 0.458 e. The predicted molar refractivity (Wildman–Crippen MR) is 134 cm³/mol. The van der Waals surface area contributed by atoms with Gasteiger partial charge >= 0.3 is 12.1 Å². The Morgan fingerprint density at radius 1 is 1.00 bits per heavy atom. The van der Waals surface area contributed by atoms with E-state index in [9.17, 15) is 31.1 Å². The number of hydrogen-bond donors (Lipinski definition) is 0. The molecule has 2 unspecified atom stereocenters. The van der Waals surface area contributed by atoms with Gasteiger partial charge < -0.3 is 9.47 Å². The third-order valence-electron chi connectivity index (χ3n) is 7.85. The van der Waals surface area contributed by atoms with Crippen molar-refractivity contribution in [2.45, 2.75) is 83.4 Å². The first-order valence-corrected chi connectivity index (χ1v) is 13.6. The zero-order valence-corrected chi connectivity index (χ0v) is 21.8. The lowest BCUT2D eigenvalue weighted by atomic mass is 9.77. The minimum Gasteiger partial charge on any atom is -0.426 e. The lowest BCUT2D eigenvalue weighted by molar-refractivity contribution is -0.141. The Balaban J connectivity index is 1.35. The maximum Gasteiger partial charge on any atom is 0.458 e. The summed E-state index contributed by atoms with van der Waals surface area (Å²) < 4.78 is 92.3. The van der Waals surface area contributed by atoms with Crippen LogP contribution in [0.15, 0.2) is 18.2 Å². The molecule has 2 atom stereocenters. The molecule has 1 heterocycles. The van der Waals surface area contributed by atoms with Crippen LogP contribution in [0.4, 0.5) is 26.3 Å². The van der Waals surface area contributed by atoms with Crippen molar-refractivity contribution >= 4 is 16.7 Å². The summed E-state index contributed by atoms with van der Waals surface area (Å²) in [6.07, 6.45) is 5.18. The van der Waals surface area contributed by atoms with Gasteiger partial charge in [0.1, 0.15) is 17.4 Å². The number of benzene rings is 2. The molecule has 212 valence electrons. The second-order valence-corrected chi connectivity index (χ2v) is 10.6. The van der Waals surface area contributed by atoms with Gasteiger partial charge in [0.2, 0.25) is 0 Å². The highest BCUT2D eigenvalue weighted by atomic mass is 19.4. The third kappa shape index (κ3) is 7.47. The van der Waals surface area contributed by atoms with Gasteiger partial charge in [0, 0.05) is 18.6 Å². The fraction of sp³-hybridized carbons (Fsp3) is 0.567. The van der Waals surface area contributed by atoms with Crippen LogP contribution in [0.1, 0.15) is 76.7 Å². The number of esters is 1. The molecule has 4 rings (SSSR count). The monoisotopic (exact) mass is 554 g/mol. The molecule has 0 amide bonds. The standard InChI is InChI=1S/C30H32F6O3/c1-2-3-4-5-18-6-11-26(38-17-18)19-7-9-20(10-8-19)29(37)39-22-14-21-15-24(31)23(12-13-30(34,35)36)28(33)27(21)25(32)16-22/h14-16,18-20,26H,2-11,17H2,1H3. The minimum atomic E-state index is -4.97. The highest BCUT2D eigenvalue weighted by Crippen LogP contribution is 2.38. The molecule has 2 aromatic carbocycles. The Kier molecular flexibility index (Phi) is 9.47. The number of unbranched alkanes of at least 4 members (excludes halogenated alkanes) is 2. The molecule has 0 spiro atoms. The van der Waals surface area contributed by atoms with E-state index in [2.05, 4.69) is 6.92 Å². The summed E-state index contributed by atoms with van der Waals surface area (Å²) in [5, 5.41) is -1.03. The summed E-state index contributed by atoms with van der Waals surface area (Å²) in [6.45, 7) is 2.99. The van der Waals surface area contributed by atoms with E-state index >= 15 is 0 Å². The Hall–Kier alpha value is -2.73. The number of halogens is 6. The van der Waals surface area contributed by atoms with Gasteiger partial charge in [0.05, 0.1) is 23.0 Å². The average Bonchev–Trinajstić information content (AvgIpc) is 2.88. The fourth-order valence-electron chi connectivity index (χ4n) is 5.73. The molecule has 1 aliphatic heterocycles. The average molecular weight is 555 g/mol. The molecular weight excluding hydrogens is 522 g/mol. The molecule has 39 heavy (non-hydrogen) atoms. The van der Waals surface area contributed by atoms with Crippen LogP contribution in [0, 0.1) is 47.0 Å². The summed E-state index contributed by atoms with van der Waals surface area (Å²) in [5.41, 5.74) is -1.19. The molecule has 1 saturated carbocycles. The van der Waals surface area contributed by atoms with Crippen molar-refractivity contribution in [1.82, 2.24) is 0 Å². The molecule has 0 aromatic heterocycles. The lowest BCUT2D eigenvalue weighted by Gasteiger charge is -2.37. The molecule has 1 saturated heterocycles. The van der Waals surface area contributed by atoms with Crippen LogP contribution in [-0.2, 0) is 9.53 Å². The van der Waals surface area contributed by atoms with Gasteiger partial charge in [-0.2, -0.15) is 13.2 Å². The maximum atomic E-state index is 14.7. The van der Waals surface area contributed by atoms with E-state index in [1.165, 1.54) is 38.0 Å². The number of carbonyl (C=O) groups is 1. The van der Waals surface area contributed by atoms with E-state index in [4.69, 9.17) is 9.47 Å². The van der Waals surface area contributed by atoms with Gasteiger partial charge in [0.25, 0.3) is 0 Å². The highest BCUT2D eigenvalue weighted by molar-refractivity contribution is 5.87. The van der Waals surface area contributed by atoms with Gasteiger partial charge in [-0.3, -0.25) is 4.79 Å². The molecule has 2 fully saturated rings. The SMILES string of the molecule is CCCCCC1CCC(C2CCC(C(=O)Oc3cc(F)c4c(F)c(C#CC(F)(F)F)c(F)cc4c3)CC2)OC1. The molecule has 9 heteroatoms. The van der Waals surface area contributed by atoms with Crippen LogP contribution in [0.2, 0.25) is 0 Å². The number of carbonyl (C=O) groups excluding carboxylic acids is 1. The van der Waals surface area contributed by atoms with E-state index in [-0.39, 0.29) is 23.2 Å².